The maximum absolute atomic E-state index is 11.6. The minimum Gasteiger partial charge on any atom is -0.341 e. The first kappa shape index (κ1) is 11.5. The van der Waals surface area contributed by atoms with Crippen molar-refractivity contribution in [3.8, 4) is 0 Å². The van der Waals surface area contributed by atoms with Crippen LogP contribution in [0.2, 0.25) is 0 Å². The van der Waals surface area contributed by atoms with Crippen LogP contribution in [0.5, 0.6) is 0 Å². The van der Waals surface area contributed by atoms with Gasteiger partial charge >= 0.3 is 0 Å². The third kappa shape index (κ3) is 2.27. The van der Waals surface area contributed by atoms with Gasteiger partial charge in [0.05, 0.1) is 6.54 Å². The van der Waals surface area contributed by atoms with Gasteiger partial charge in [-0.2, -0.15) is 0 Å². The van der Waals surface area contributed by atoms with Crippen LogP contribution in [0.4, 0.5) is 0 Å². The molecular formula is C11H22N2O. The molecule has 0 saturated carbocycles. The summed E-state index contributed by atoms with van der Waals surface area (Å²) in [6.45, 7) is 6.84. The molecule has 0 radical (unpaired) electrons. The molecule has 0 aromatic heterocycles. The Labute approximate surface area is 86.9 Å². The number of hydrogen-bond acceptors (Lipinski definition) is 2. The Hall–Kier alpha value is -0.570. The lowest BCUT2D eigenvalue weighted by Gasteiger charge is -2.26. The van der Waals surface area contributed by atoms with Crippen molar-refractivity contribution in [1.29, 1.82) is 0 Å². The van der Waals surface area contributed by atoms with Gasteiger partial charge in [0.2, 0.25) is 5.91 Å². The lowest BCUT2D eigenvalue weighted by atomic mass is 9.82. The van der Waals surface area contributed by atoms with Crippen LogP contribution in [0.1, 0.15) is 33.1 Å². The maximum atomic E-state index is 11.6. The molecule has 1 N–H and O–H groups in total. The van der Waals surface area contributed by atoms with E-state index >= 15 is 0 Å². The normalized spacial score (nSPS) is 20.1. The van der Waals surface area contributed by atoms with Gasteiger partial charge in [-0.1, -0.05) is 13.8 Å². The zero-order valence-corrected chi connectivity index (χ0v) is 9.60. The van der Waals surface area contributed by atoms with Gasteiger partial charge in [-0.25, -0.2) is 0 Å². The third-order valence-corrected chi connectivity index (χ3v) is 3.62. The van der Waals surface area contributed by atoms with Crippen molar-refractivity contribution in [2.75, 3.05) is 26.7 Å². The number of likely N-dealkylation sites (tertiary alicyclic amines) is 1. The molecule has 0 unspecified atom stereocenters. The van der Waals surface area contributed by atoms with Gasteiger partial charge in [0, 0.05) is 13.1 Å². The van der Waals surface area contributed by atoms with Gasteiger partial charge < -0.3 is 10.2 Å². The predicted octanol–water partition coefficient (Wildman–Crippen LogP) is 1.24. The molecule has 1 saturated heterocycles. The molecule has 3 heteroatoms. The standard InChI is InChI=1S/C11H22N2O/c1-4-11(5-2)6-7-13(9-11)10(14)8-12-3/h12H,4-9H2,1-3H3. The van der Waals surface area contributed by atoms with Crippen molar-refractivity contribution in [2.24, 2.45) is 5.41 Å². The van der Waals surface area contributed by atoms with Crippen molar-refractivity contribution >= 4 is 5.91 Å². The summed E-state index contributed by atoms with van der Waals surface area (Å²) in [5, 5.41) is 2.92. The number of nitrogens with one attached hydrogen (secondary N) is 1. The van der Waals surface area contributed by atoms with E-state index < -0.39 is 0 Å². The molecule has 1 rings (SSSR count). The van der Waals surface area contributed by atoms with Crippen LogP contribution in [0.25, 0.3) is 0 Å². The Morgan fingerprint density at radius 2 is 2.07 bits per heavy atom. The molecule has 1 heterocycles. The van der Waals surface area contributed by atoms with E-state index in [2.05, 4.69) is 19.2 Å². The van der Waals surface area contributed by atoms with E-state index in [1.807, 2.05) is 11.9 Å². The summed E-state index contributed by atoms with van der Waals surface area (Å²) in [6, 6.07) is 0. The minimum atomic E-state index is 0.247. The number of hydrogen-bond donors (Lipinski definition) is 1. The number of rotatable bonds is 4. The summed E-state index contributed by atoms with van der Waals surface area (Å²) in [4.78, 5) is 13.6. The molecule has 1 amide bonds. The fourth-order valence-corrected chi connectivity index (χ4v) is 2.24. The van der Waals surface area contributed by atoms with Gasteiger partial charge in [-0.3, -0.25) is 4.79 Å². The van der Waals surface area contributed by atoms with E-state index in [-0.39, 0.29) is 5.91 Å². The van der Waals surface area contributed by atoms with Crippen LogP contribution in [-0.4, -0.2) is 37.5 Å². The van der Waals surface area contributed by atoms with E-state index in [1.165, 1.54) is 19.3 Å². The van der Waals surface area contributed by atoms with Gasteiger partial charge in [0.15, 0.2) is 0 Å². The highest BCUT2D eigenvalue weighted by Crippen LogP contribution is 2.36. The second-order valence-electron chi connectivity index (χ2n) is 4.30. The summed E-state index contributed by atoms with van der Waals surface area (Å²) in [7, 11) is 1.82. The summed E-state index contributed by atoms with van der Waals surface area (Å²) in [6.07, 6.45) is 3.55. The number of carbonyl (C=O) groups is 1. The molecule has 1 aliphatic rings. The molecule has 82 valence electrons. The molecule has 0 aromatic rings. The molecule has 1 fully saturated rings. The SMILES string of the molecule is CCC1(CC)CCN(C(=O)CNC)C1. The number of likely N-dealkylation sites (N-methyl/N-ethyl adjacent to an activating group) is 1. The second-order valence-corrected chi connectivity index (χ2v) is 4.30. The van der Waals surface area contributed by atoms with Crippen LogP contribution in [0.15, 0.2) is 0 Å². The van der Waals surface area contributed by atoms with Crippen LogP contribution < -0.4 is 5.32 Å². The monoisotopic (exact) mass is 198 g/mol. The van der Waals surface area contributed by atoms with E-state index in [0.29, 0.717) is 12.0 Å². The first-order chi connectivity index (χ1) is 6.67. The molecule has 0 atom stereocenters. The Bertz CT molecular complexity index is 199. The van der Waals surface area contributed by atoms with Crippen molar-refractivity contribution in [3.63, 3.8) is 0 Å². The van der Waals surface area contributed by atoms with Crippen LogP contribution in [0.3, 0.4) is 0 Å². The molecule has 0 spiro atoms. The molecule has 0 aromatic carbocycles. The lowest BCUT2D eigenvalue weighted by molar-refractivity contribution is -0.129. The van der Waals surface area contributed by atoms with E-state index in [9.17, 15) is 4.79 Å². The zero-order valence-electron chi connectivity index (χ0n) is 9.60. The Morgan fingerprint density at radius 1 is 1.43 bits per heavy atom. The first-order valence-electron chi connectivity index (χ1n) is 5.60. The number of carbonyl (C=O) groups excluding carboxylic acids is 1. The highest BCUT2D eigenvalue weighted by Gasteiger charge is 2.36. The van der Waals surface area contributed by atoms with Crippen molar-refractivity contribution < 1.29 is 4.79 Å². The van der Waals surface area contributed by atoms with Gasteiger partial charge in [0.1, 0.15) is 0 Å². The highest BCUT2D eigenvalue weighted by atomic mass is 16.2. The fraction of sp³-hybridized carbons (Fsp3) is 0.909. The molecule has 0 aliphatic carbocycles. The van der Waals surface area contributed by atoms with Crippen LogP contribution in [-0.2, 0) is 4.79 Å². The molecular weight excluding hydrogens is 176 g/mol. The molecule has 0 bridgehead atoms. The van der Waals surface area contributed by atoms with Gasteiger partial charge in [-0.05, 0) is 31.7 Å². The molecule has 3 nitrogen and oxygen atoms in total. The van der Waals surface area contributed by atoms with Crippen LogP contribution in [0, 0.1) is 5.41 Å². The van der Waals surface area contributed by atoms with Crippen LogP contribution >= 0.6 is 0 Å². The first-order valence-corrected chi connectivity index (χ1v) is 5.60. The topological polar surface area (TPSA) is 32.3 Å². The highest BCUT2D eigenvalue weighted by molar-refractivity contribution is 5.78. The van der Waals surface area contributed by atoms with Crippen molar-refractivity contribution in [1.82, 2.24) is 10.2 Å². The van der Waals surface area contributed by atoms with E-state index in [4.69, 9.17) is 0 Å². The smallest absolute Gasteiger partial charge is 0.236 e. The summed E-state index contributed by atoms with van der Waals surface area (Å²) in [5.74, 6) is 0.247. The number of amides is 1. The zero-order chi connectivity index (χ0) is 10.6. The average Bonchev–Trinajstić information content (AvgIpc) is 2.63. The minimum absolute atomic E-state index is 0.247. The second kappa shape index (κ2) is 4.78. The quantitative estimate of drug-likeness (QED) is 0.737. The Morgan fingerprint density at radius 3 is 2.50 bits per heavy atom. The van der Waals surface area contributed by atoms with E-state index in [1.54, 1.807) is 0 Å². The van der Waals surface area contributed by atoms with Crippen molar-refractivity contribution in [2.45, 2.75) is 33.1 Å². The van der Waals surface area contributed by atoms with E-state index in [0.717, 1.165) is 13.1 Å². The summed E-state index contributed by atoms with van der Waals surface area (Å²) < 4.78 is 0. The number of nitrogens with zero attached hydrogens (tertiary/aromatic N) is 1. The van der Waals surface area contributed by atoms with Gasteiger partial charge in [-0.15, -0.1) is 0 Å². The lowest BCUT2D eigenvalue weighted by Crippen LogP contribution is -2.37. The van der Waals surface area contributed by atoms with Crippen molar-refractivity contribution in [3.05, 3.63) is 0 Å². The fourth-order valence-electron chi connectivity index (χ4n) is 2.24. The maximum Gasteiger partial charge on any atom is 0.236 e. The Kier molecular flexibility index (Phi) is 3.93. The largest absolute Gasteiger partial charge is 0.341 e. The summed E-state index contributed by atoms with van der Waals surface area (Å²) >= 11 is 0. The molecule has 14 heavy (non-hydrogen) atoms. The average molecular weight is 198 g/mol. The third-order valence-electron chi connectivity index (χ3n) is 3.62. The summed E-state index contributed by atoms with van der Waals surface area (Å²) in [5.41, 5.74) is 0.406. The van der Waals surface area contributed by atoms with Gasteiger partial charge in [0.25, 0.3) is 0 Å². The Balaban J connectivity index is 2.51. The predicted molar refractivity (Wildman–Crippen MR) is 58.1 cm³/mol. The molecule has 1 aliphatic heterocycles.